The summed E-state index contributed by atoms with van der Waals surface area (Å²) in [5, 5.41) is 3.72. The minimum absolute atomic E-state index is 0.368. The summed E-state index contributed by atoms with van der Waals surface area (Å²) in [7, 11) is 1.78. The minimum atomic E-state index is 0.368. The Labute approximate surface area is 113 Å². The highest BCUT2D eigenvalue weighted by molar-refractivity contribution is 4.91. The van der Waals surface area contributed by atoms with Gasteiger partial charge in [-0.25, -0.2) is 0 Å². The van der Waals surface area contributed by atoms with Crippen molar-refractivity contribution in [3.8, 4) is 0 Å². The van der Waals surface area contributed by atoms with Gasteiger partial charge in [0.2, 0.25) is 0 Å². The molecule has 0 aliphatic carbocycles. The SMILES string of the molecule is CCCNC(CCCOC)C1C(C)OC(C)C1C. The first-order valence-corrected chi connectivity index (χ1v) is 7.49. The molecule has 0 aromatic heterocycles. The zero-order valence-electron chi connectivity index (χ0n) is 12.7. The largest absolute Gasteiger partial charge is 0.385 e. The summed E-state index contributed by atoms with van der Waals surface area (Å²) in [5.41, 5.74) is 0. The van der Waals surface area contributed by atoms with Gasteiger partial charge in [-0.2, -0.15) is 0 Å². The van der Waals surface area contributed by atoms with E-state index in [4.69, 9.17) is 9.47 Å². The van der Waals surface area contributed by atoms with E-state index in [1.54, 1.807) is 7.11 Å². The highest BCUT2D eigenvalue weighted by atomic mass is 16.5. The lowest BCUT2D eigenvalue weighted by molar-refractivity contribution is 0.0467. The van der Waals surface area contributed by atoms with Gasteiger partial charge < -0.3 is 14.8 Å². The predicted molar refractivity (Wildman–Crippen MR) is 75.9 cm³/mol. The lowest BCUT2D eigenvalue weighted by atomic mass is 9.81. The van der Waals surface area contributed by atoms with Crippen molar-refractivity contribution in [3.63, 3.8) is 0 Å². The molecule has 1 aliphatic rings. The third-order valence-electron chi connectivity index (χ3n) is 4.30. The molecule has 0 spiro atoms. The average molecular weight is 257 g/mol. The standard InChI is InChI=1S/C15H31NO2/c1-6-9-16-14(8-7-10-17-5)15-11(2)12(3)18-13(15)4/h11-16H,6-10H2,1-5H3. The number of hydrogen-bond acceptors (Lipinski definition) is 3. The highest BCUT2D eigenvalue weighted by Crippen LogP contribution is 2.35. The molecular formula is C15H31NO2. The maximum Gasteiger partial charge on any atom is 0.0597 e. The molecule has 0 saturated carbocycles. The van der Waals surface area contributed by atoms with E-state index in [1.807, 2.05) is 0 Å². The molecule has 5 atom stereocenters. The van der Waals surface area contributed by atoms with Gasteiger partial charge in [-0.15, -0.1) is 0 Å². The molecule has 1 saturated heterocycles. The van der Waals surface area contributed by atoms with Gasteiger partial charge in [0.25, 0.3) is 0 Å². The summed E-state index contributed by atoms with van der Waals surface area (Å²) in [6, 6.07) is 0.565. The fourth-order valence-corrected chi connectivity index (χ4v) is 3.20. The second-order valence-corrected chi connectivity index (χ2v) is 5.68. The van der Waals surface area contributed by atoms with Crippen LogP contribution in [-0.4, -0.2) is 38.5 Å². The smallest absolute Gasteiger partial charge is 0.0597 e. The maximum absolute atomic E-state index is 5.98. The molecular weight excluding hydrogens is 226 g/mol. The first kappa shape index (κ1) is 15.9. The molecule has 0 aromatic carbocycles. The molecule has 0 radical (unpaired) electrons. The van der Waals surface area contributed by atoms with Crippen LogP contribution in [0.5, 0.6) is 0 Å². The van der Waals surface area contributed by atoms with Gasteiger partial charge in [0.1, 0.15) is 0 Å². The van der Waals surface area contributed by atoms with Gasteiger partial charge in [-0.05, 0) is 45.6 Å². The van der Waals surface area contributed by atoms with E-state index >= 15 is 0 Å². The molecule has 0 amide bonds. The molecule has 1 fully saturated rings. The Kier molecular flexibility index (Phi) is 7.20. The second-order valence-electron chi connectivity index (χ2n) is 5.68. The molecule has 108 valence electrons. The number of methoxy groups -OCH3 is 1. The van der Waals surface area contributed by atoms with Crippen molar-refractivity contribution in [3.05, 3.63) is 0 Å². The van der Waals surface area contributed by atoms with Gasteiger partial charge in [0.05, 0.1) is 12.2 Å². The van der Waals surface area contributed by atoms with E-state index in [9.17, 15) is 0 Å². The van der Waals surface area contributed by atoms with Crippen LogP contribution < -0.4 is 5.32 Å². The molecule has 0 aromatic rings. The van der Waals surface area contributed by atoms with Crippen molar-refractivity contribution < 1.29 is 9.47 Å². The number of nitrogens with one attached hydrogen (secondary N) is 1. The van der Waals surface area contributed by atoms with Crippen LogP contribution in [0.25, 0.3) is 0 Å². The third-order valence-corrected chi connectivity index (χ3v) is 4.30. The molecule has 0 bridgehead atoms. The van der Waals surface area contributed by atoms with Crippen molar-refractivity contribution in [2.45, 2.75) is 65.2 Å². The topological polar surface area (TPSA) is 30.5 Å². The molecule has 5 unspecified atom stereocenters. The molecule has 3 nitrogen and oxygen atoms in total. The zero-order chi connectivity index (χ0) is 13.5. The van der Waals surface area contributed by atoms with Gasteiger partial charge in [0, 0.05) is 25.7 Å². The molecule has 1 rings (SSSR count). The van der Waals surface area contributed by atoms with Crippen LogP contribution in [0.4, 0.5) is 0 Å². The van der Waals surface area contributed by atoms with E-state index in [-0.39, 0.29) is 0 Å². The van der Waals surface area contributed by atoms with E-state index in [0.29, 0.717) is 30.1 Å². The summed E-state index contributed by atoms with van der Waals surface area (Å²) < 4.78 is 11.2. The first-order chi connectivity index (χ1) is 8.61. The molecule has 3 heteroatoms. The average Bonchev–Trinajstić information content (AvgIpc) is 2.59. The fraction of sp³-hybridized carbons (Fsp3) is 1.00. The van der Waals surface area contributed by atoms with Crippen LogP contribution in [-0.2, 0) is 9.47 Å². The Morgan fingerprint density at radius 3 is 2.44 bits per heavy atom. The van der Waals surface area contributed by atoms with Crippen LogP contribution >= 0.6 is 0 Å². The zero-order valence-corrected chi connectivity index (χ0v) is 12.7. The van der Waals surface area contributed by atoms with Crippen LogP contribution in [0.15, 0.2) is 0 Å². The first-order valence-electron chi connectivity index (χ1n) is 7.49. The quantitative estimate of drug-likeness (QED) is 0.678. The van der Waals surface area contributed by atoms with E-state index in [0.717, 1.165) is 19.6 Å². The van der Waals surface area contributed by atoms with E-state index in [2.05, 4.69) is 33.0 Å². The monoisotopic (exact) mass is 257 g/mol. The number of ether oxygens (including phenoxy) is 2. The van der Waals surface area contributed by atoms with Crippen molar-refractivity contribution in [2.24, 2.45) is 11.8 Å². The molecule has 1 N–H and O–H groups in total. The summed E-state index contributed by atoms with van der Waals surface area (Å²) in [5.74, 6) is 1.26. The second kappa shape index (κ2) is 8.13. The summed E-state index contributed by atoms with van der Waals surface area (Å²) in [6.45, 7) is 10.9. The van der Waals surface area contributed by atoms with Crippen molar-refractivity contribution in [1.82, 2.24) is 5.32 Å². The van der Waals surface area contributed by atoms with Gasteiger partial charge in [-0.3, -0.25) is 0 Å². The van der Waals surface area contributed by atoms with Crippen LogP contribution in [0.1, 0.15) is 47.0 Å². The Morgan fingerprint density at radius 2 is 1.94 bits per heavy atom. The van der Waals surface area contributed by atoms with Crippen molar-refractivity contribution >= 4 is 0 Å². The summed E-state index contributed by atoms with van der Waals surface area (Å²) in [6.07, 6.45) is 4.25. The van der Waals surface area contributed by atoms with Gasteiger partial charge in [-0.1, -0.05) is 13.8 Å². The van der Waals surface area contributed by atoms with E-state index < -0.39 is 0 Å². The molecule has 1 heterocycles. The summed E-state index contributed by atoms with van der Waals surface area (Å²) in [4.78, 5) is 0. The van der Waals surface area contributed by atoms with Crippen molar-refractivity contribution in [1.29, 1.82) is 0 Å². The molecule has 18 heavy (non-hydrogen) atoms. The van der Waals surface area contributed by atoms with Gasteiger partial charge >= 0.3 is 0 Å². The van der Waals surface area contributed by atoms with E-state index in [1.165, 1.54) is 12.8 Å². The number of rotatable bonds is 8. The minimum Gasteiger partial charge on any atom is -0.385 e. The Hall–Kier alpha value is -0.120. The predicted octanol–water partition coefficient (Wildman–Crippen LogP) is 2.84. The highest BCUT2D eigenvalue weighted by Gasteiger charge is 2.40. The fourth-order valence-electron chi connectivity index (χ4n) is 3.20. The third kappa shape index (κ3) is 4.22. The Balaban J connectivity index is 2.56. The van der Waals surface area contributed by atoms with Gasteiger partial charge in [0.15, 0.2) is 0 Å². The normalized spacial score (nSPS) is 33.8. The Bertz CT molecular complexity index is 223. The van der Waals surface area contributed by atoms with Crippen LogP contribution in [0.3, 0.4) is 0 Å². The number of hydrogen-bond donors (Lipinski definition) is 1. The lowest BCUT2D eigenvalue weighted by Gasteiger charge is -2.30. The van der Waals surface area contributed by atoms with Crippen molar-refractivity contribution in [2.75, 3.05) is 20.3 Å². The maximum atomic E-state index is 5.98. The van der Waals surface area contributed by atoms with Crippen LogP contribution in [0.2, 0.25) is 0 Å². The lowest BCUT2D eigenvalue weighted by Crippen LogP contribution is -2.42. The van der Waals surface area contributed by atoms with Crippen LogP contribution in [0, 0.1) is 11.8 Å². The molecule has 1 aliphatic heterocycles. The summed E-state index contributed by atoms with van der Waals surface area (Å²) >= 11 is 0. The Morgan fingerprint density at radius 1 is 1.22 bits per heavy atom.